The summed E-state index contributed by atoms with van der Waals surface area (Å²) >= 11 is 0. The van der Waals surface area contributed by atoms with E-state index in [1.54, 1.807) is 16.9 Å². The molecule has 1 heterocycles. The van der Waals surface area contributed by atoms with Gasteiger partial charge in [-0.2, -0.15) is 5.10 Å². The Kier molecular flexibility index (Phi) is 2.68. The first kappa shape index (κ1) is 8.58. The normalized spacial score (nSPS) is 11.9. The van der Waals surface area contributed by atoms with Gasteiger partial charge in [0.25, 0.3) is 0 Å². The van der Waals surface area contributed by atoms with E-state index in [9.17, 15) is 0 Å². The van der Waals surface area contributed by atoms with Crippen LogP contribution in [0, 0.1) is 0 Å². The second-order valence-electron chi connectivity index (χ2n) is 2.45. The second-order valence-corrected chi connectivity index (χ2v) is 2.45. The molecular formula is C7H12N4O. The third-order valence-electron chi connectivity index (χ3n) is 1.46. The molecule has 0 radical (unpaired) electrons. The van der Waals surface area contributed by atoms with Gasteiger partial charge >= 0.3 is 0 Å². The zero-order valence-corrected chi connectivity index (χ0v) is 6.94. The summed E-state index contributed by atoms with van der Waals surface area (Å²) in [6.45, 7) is 2.91. The predicted molar refractivity (Wildman–Crippen MR) is 45.0 cm³/mol. The third-order valence-corrected chi connectivity index (χ3v) is 1.46. The number of aryl methyl sites for hydroxylation is 1. The quantitative estimate of drug-likeness (QED) is 0.296. The van der Waals surface area contributed by atoms with Gasteiger partial charge in [-0.3, -0.25) is 4.68 Å². The number of amidine groups is 1. The van der Waals surface area contributed by atoms with Crippen molar-refractivity contribution in [2.75, 3.05) is 0 Å². The minimum atomic E-state index is 0.0462. The number of nitrogens with two attached hydrogens (primary N) is 1. The van der Waals surface area contributed by atoms with Crippen LogP contribution < -0.4 is 5.73 Å². The van der Waals surface area contributed by atoms with Crippen molar-refractivity contribution >= 4 is 5.84 Å². The Bertz CT molecular complexity index is 279. The molecular weight excluding hydrogens is 156 g/mol. The lowest BCUT2D eigenvalue weighted by molar-refractivity contribution is 0.318. The van der Waals surface area contributed by atoms with Gasteiger partial charge in [-0.1, -0.05) is 12.1 Å². The molecule has 12 heavy (non-hydrogen) atoms. The highest BCUT2D eigenvalue weighted by Gasteiger charge is 2.02. The van der Waals surface area contributed by atoms with Gasteiger partial charge in [0.15, 0.2) is 5.84 Å². The lowest BCUT2D eigenvalue weighted by atomic mass is 10.4. The number of oxime groups is 1. The molecule has 0 aliphatic carbocycles. The molecule has 0 atom stereocenters. The van der Waals surface area contributed by atoms with Crippen LogP contribution in [0.25, 0.3) is 0 Å². The summed E-state index contributed by atoms with van der Waals surface area (Å²) in [5.41, 5.74) is 5.83. The Morgan fingerprint density at radius 1 is 1.83 bits per heavy atom. The van der Waals surface area contributed by atoms with Gasteiger partial charge in [-0.15, -0.1) is 0 Å². The molecule has 0 bridgehead atoms. The highest BCUT2D eigenvalue weighted by molar-refractivity contribution is 5.94. The second kappa shape index (κ2) is 3.75. The predicted octanol–water partition coefficient (Wildman–Crippen LogP) is 0.388. The van der Waals surface area contributed by atoms with Crippen molar-refractivity contribution in [2.45, 2.75) is 19.9 Å². The Morgan fingerprint density at radius 2 is 2.58 bits per heavy atom. The average Bonchev–Trinajstić information content (AvgIpc) is 2.52. The van der Waals surface area contributed by atoms with Crippen LogP contribution in [-0.2, 0) is 6.54 Å². The van der Waals surface area contributed by atoms with E-state index in [4.69, 9.17) is 10.9 Å². The molecule has 5 nitrogen and oxygen atoms in total. The van der Waals surface area contributed by atoms with Crippen molar-refractivity contribution in [3.8, 4) is 0 Å². The summed E-state index contributed by atoms with van der Waals surface area (Å²) in [6.07, 6.45) is 2.81. The lowest BCUT2D eigenvalue weighted by Crippen LogP contribution is -2.14. The van der Waals surface area contributed by atoms with E-state index in [-0.39, 0.29) is 5.84 Å². The Morgan fingerprint density at radius 3 is 3.17 bits per heavy atom. The number of aromatic nitrogens is 2. The van der Waals surface area contributed by atoms with E-state index < -0.39 is 0 Å². The zero-order chi connectivity index (χ0) is 8.97. The minimum absolute atomic E-state index is 0.0462. The molecule has 0 aliphatic rings. The number of rotatable bonds is 3. The molecule has 0 fully saturated rings. The maximum atomic E-state index is 8.34. The molecule has 0 saturated heterocycles. The van der Waals surface area contributed by atoms with Crippen LogP contribution in [0.1, 0.15) is 19.0 Å². The van der Waals surface area contributed by atoms with E-state index in [1.807, 2.05) is 0 Å². The lowest BCUT2D eigenvalue weighted by Gasteiger charge is -1.95. The van der Waals surface area contributed by atoms with E-state index in [0.717, 1.165) is 13.0 Å². The van der Waals surface area contributed by atoms with Crippen molar-refractivity contribution in [2.24, 2.45) is 10.9 Å². The van der Waals surface area contributed by atoms with Gasteiger partial charge in [0, 0.05) is 12.7 Å². The number of hydrogen-bond donors (Lipinski definition) is 2. The summed E-state index contributed by atoms with van der Waals surface area (Å²) in [4.78, 5) is 0. The molecule has 66 valence electrons. The van der Waals surface area contributed by atoms with E-state index in [0.29, 0.717) is 5.69 Å². The van der Waals surface area contributed by atoms with E-state index >= 15 is 0 Å². The summed E-state index contributed by atoms with van der Waals surface area (Å²) in [6, 6.07) is 1.71. The van der Waals surface area contributed by atoms with Crippen molar-refractivity contribution < 1.29 is 5.21 Å². The molecule has 1 rings (SSSR count). The van der Waals surface area contributed by atoms with Crippen molar-refractivity contribution in [3.63, 3.8) is 0 Å². The minimum Gasteiger partial charge on any atom is -0.409 e. The Labute approximate surface area is 70.5 Å². The van der Waals surface area contributed by atoms with Crippen LogP contribution in [0.2, 0.25) is 0 Å². The fourth-order valence-corrected chi connectivity index (χ4v) is 0.903. The van der Waals surface area contributed by atoms with Gasteiger partial charge in [0.05, 0.1) is 0 Å². The first-order valence-electron chi connectivity index (χ1n) is 3.79. The smallest absolute Gasteiger partial charge is 0.190 e. The molecule has 5 heteroatoms. The highest BCUT2D eigenvalue weighted by Crippen LogP contribution is 1.95. The topological polar surface area (TPSA) is 76.4 Å². The summed E-state index contributed by atoms with van der Waals surface area (Å²) < 4.78 is 1.76. The summed E-state index contributed by atoms with van der Waals surface area (Å²) in [5, 5.41) is 15.3. The molecule has 3 N–H and O–H groups in total. The summed E-state index contributed by atoms with van der Waals surface area (Å²) in [7, 11) is 0. The highest BCUT2D eigenvalue weighted by atomic mass is 16.4. The van der Waals surface area contributed by atoms with E-state index in [2.05, 4.69) is 17.2 Å². The maximum absolute atomic E-state index is 8.34. The molecule has 0 unspecified atom stereocenters. The molecule has 0 amide bonds. The average molecular weight is 168 g/mol. The Balaban J connectivity index is 2.77. The van der Waals surface area contributed by atoms with Crippen LogP contribution in [0.5, 0.6) is 0 Å². The van der Waals surface area contributed by atoms with Crippen LogP contribution in [-0.4, -0.2) is 20.8 Å². The third kappa shape index (κ3) is 1.75. The van der Waals surface area contributed by atoms with Crippen LogP contribution in [0.4, 0.5) is 0 Å². The zero-order valence-electron chi connectivity index (χ0n) is 6.94. The molecule has 0 saturated carbocycles. The van der Waals surface area contributed by atoms with Crippen LogP contribution >= 0.6 is 0 Å². The first-order valence-corrected chi connectivity index (χ1v) is 3.79. The monoisotopic (exact) mass is 168 g/mol. The maximum Gasteiger partial charge on any atom is 0.190 e. The first-order chi connectivity index (χ1) is 5.77. The van der Waals surface area contributed by atoms with Gasteiger partial charge in [0.1, 0.15) is 5.69 Å². The fraction of sp³-hybridized carbons (Fsp3) is 0.429. The Hall–Kier alpha value is -1.52. The SMILES string of the molecule is CCCn1ccc(/C(N)=N/O)n1. The van der Waals surface area contributed by atoms with Gasteiger partial charge in [0.2, 0.25) is 0 Å². The van der Waals surface area contributed by atoms with Crippen LogP contribution in [0.3, 0.4) is 0 Å². The van der Waals surface area contributed by atoms with Gasteiger partial charge in [-0.05, 0) is 12.5 Å². The molecule has 0 aliphatic heterocycles. The van der Waals surface area contributed by atoms with Gasteiger partial charge in [-0.25, -0.2) is 0 Å². The molecule has 0 aromatic carbocycles. The molecule has 1 aromatic rings. The van der Waals surface area contributed by atoms with Crippen molar-refractivity contribution in [3.05, 3.63) is 18.0 Å². The summed E-state index contributed by atoms with van der Waals surface area (Å²) in [5.74, 6) is 0.0462. The largest absolute Gasteiger partial charge is 0.409 e. The van der Waals surface area contributed by atoms with Crippen LogP contribution in [0.15, 0.2) is 17.4 Å². The number of hydrogen-bond acceptors (Lipinski definition) is 3. The van der Waals surface area contributed by atoms with E-state index in [1.165, 1.54) is 0 Å². The van der Waals surface area contributed by atoms with Gasteiger partial charge < -0.3 is 10.9 Å². The standard InChI is InChI=1S/C7H12N4O/c1-2-4-11-5-3-6(9-11)7(8)10-12/h3,5,12H,2,4H2,1H3,(H2,8,10). The number of nitrogens with zero attached hydrogens (tertiary/aromatic N) is 3. The molecule has 1 aromatic heterocycles. The van der Waals surface area contributed by atoms with Crippen molar-refractivity contribution in [1.29, 1.82) is 0 Å². The van der Waals surface area contributed by atoms with Crippen molar-refractivity contribution in [1.82, 2.24) is 9.78 Å². The molecule has 0 spiro atoms. The fourth-order valence-electron chi connectivity index (χ4n) is 0.903.